The molecule has 0 aliphatic rings. The van der Waals surface area contributed by atoms with Crippen molar-refractivity contribution in [3.8, 4) is 56.4 Å². The second-order valence-electron chi connectivity index (χ2n) is 12.4. The Morgan fingerprint density at radius 2 is 0.840 bits per heavy atom. The number of benzene rings is 7. The maximum Gasteiger partial charge on any atom is 0.164 e. The molecule has 0 aliphatic carbocycles. The zero-order chi connectivity index (χ0) is 33.0. The van der Waals surface area contributed by atoms with Gasteiger partial charge in [-0.1, -0.05) is 127 Å². The second kappa shape index (κ2) is 11.4. The molecule has 0 radical (unpaired) electrons. The molecule has 0 aliphatic heterocycles. The third-order valence-corrected chi connectivity index (χ3v) is 9.36. The highest BCUT2D eigenvalue weighted by Crippen LogP contribution is 2.43. The Morgan fingerprint density at radius 1 is 0.300 bits per heavy atom. The van der Waals surface area contributed by atoms with E-state index in [-0.39, 0.29) is 0 Å². The molecule has 5 heteroatoms. The summed E-state index contributed by atoms with van der Waals surface area (Å²) < 4.78 is 12.7. The molecule has 3 aromatic heterocycles. The molecule has 0 saturated carbocycles. The Bertz CT molecular complexity index is 2810. The first-order valence-electron chi connectivity index (χ1n) is 16.6. The molecule has 50 heavy (non-hydrogen) atoms. The van der Waals surface area contributed by atoms with Gasteiger partial charge in [0.25, 0.3) is 0 Å². The summed E-state index contributed by atoms with van der Waals surface area (Å²) in [7, 11) is 0. The van der Waals surface area contributed by atoms with Gasteiger partial charge in [-0.15, -0.1) is 0 Å². The van der Waals surface area contributed by atoms with Gasteiger partial charge in [0.15, 0.2) is 17.5 Å². The van der Waals surface area contributed by atoms with Gasteiger partial charge in [-0.3, -0.25) is 0 Å². The fourth-order valence-corrected chi connectivity index (χ4v) is 6.99. The van der Waals surface area contributed by atoms with E-state index < -0.39 is 0 Å². The Kier molecular flexibility index (Phi) is 6.42. The van der Waals surface area contributed by atoms with Gasteiger partial charge < -0.3 is 8.83 Å². The number of fused-ring (bicyclic) bond motifs is 6. The van der Waals surface area contributed by atoms with E-state index in [4.69, 9.17) is 23.8 Å². The molecule has 0 fully saturated rings. The van der Waals surface area contributed by atoms with Crippen LogP contribution in [0.1, 0.15) is 0 Å². The van der Waals surface area contributed by atoms with E-state index in [1.807, 2.05) is 97.1 Å². The van der Waals surface area contributed by atoms with E-state index in [0.717, 1.165) is 82.8 Å². The quantitative estimate of drug-likeness (QED) is 0.187. The van der Waals surface area contributed by atoms with Gasteiger partial charge in [0.2, 0.25) is 0 Å². The van der Waals surface area contributed by atoms with Crippen LogP contribution in [0.3, 0.4) is 0 Å². The average molecular weight is 642 g/mol. The minimum Gasteiger partial charge on any atom is -0.456 e. The van der Waals surface area contributed by atoms with E-state index in [1.54, 1.807) is 0 Å². The monoisotopic (exact) mass is 641 g/mol. The van der Waals surface area contributed by atoms with E-state index in [0.29, 0.717) is 17.5 Å². The van der Waals surface area contributed by atoms with Crippen LogP contribution in [0.2, 0.25) is 0 Å². The minimum atomic E-state index is 0.600. The Labute approximate surface area is 287 Å². The molecule has 0 spiro atoms. The van der Waals surface area contributed by atoms with Gasteiger partial charge in [0.1, 0.15) is 22.3 Å². The molecule has 0 unspecified atom stereocenters. The molecule has 0 saturated heterocycles. The van der Waals surface area contributed by atoms with Crippen molar-refractivity contribution < 1.29 is 8.83 Å². The Balaban J connectivity index is 1.23. The van der Waals surface area contributed by atoms with Gasteiger partial charge >= 0.3 is 0 Å². The molecule has 10 rings (SSSR count). The van der Waals surface area contributed by atoms with Crippen LogP contribution in [-0.2, 0) is 0 Å². The van der Waals surface area contributed by atoms with Crippen molar-refractivity contribution in [3.63, 3.8) is 0 Å². The Morgan fingerprint density at radius 3 is 1.56 bits per heavy atom. The van der Waals surface area contributed by atoms with Gasteiger partial charge in [-0.05, 0) is 58.7 Å². The molecule has 0 N–H and O–H groups in total. The fraction of sp³-hybridized carbons (Fsp3) is 0. The smallest absolute Gasteiger partial charge is 0.164 e. The standard InChI is InChI=1S/C45H27N3O2/c1-3-12-28(13-4-1)43-46-44(29-14-5-2-6-15-29)48-45(47-43)31-23-24-32(30-22-25-34-33-16-7-9-19-38(33)50-41(34)27-30)37(26-31)35-18-11-21-40-42(35)36-17-8-10-20-39(36)49-40/h1-27H. The van der Waals surface area contributed by atoms with Gasteiger partial charge in [0, 0.05) is 38.2 Å². The van der Waals surface area contributed by atoms with E-state index in [1.165, 1.54) is 0 Å². The van der Waals surface area contributed by atoms with Crippen molar-refractivity contribution in [2.45, 2.75) is 0 Å². The van der Waals surface area contributed by atoms with Crippen molar-refractivity contribution >= 4 is 43.9 Å². The van der Waals surface area contributed by atoms with Crippen molar-refractivity contribution in [1.29, 1.82) is 0 Å². The lowest BCUT2D eigenvalue weighted by molar-refractivity contribution is 0.668. The first-order chi connectivity index (χ1) is 24.8. The highest BCUT2D eigenvalue weighted by molar-refractivity contribution is 6.14. The van der Waals surface area contributed by atoms with Gasteiger partial charge in [0.05, 0.1) is 0 Å². The SMILES string of the molecule is c1ccc(-c2nc(-c3ccccc3)nc(-c3ccc(-c4ccc5c(c4)oc4ccccc45)c(-c4cccc5oc6ccccc6c45)c3)n2)cc1. The number of rotatable bonds is 5. The maximum absolute atomic E-state index is 6.35. The highest BCUT2D eigenvalue weighted by Gasteiger charge is 2.19. The number of hydrogen-bond acceptors (Lipinski definition) is 5. The zero-order valence-electron chi connectivity index (χ0n) is 26.7. The summed E-state index contributed by atoms with van der Waals surface area (Å²) in [6.45, 7) is 0. The lowest BCUT2D eigenvalue weighted by atomic mass is 9.90. The molecular weight excluding hydrogens is 615 g/mol. The molecule has 0 amide bonds. The number of nitrogens with zero attached hydrogens (tertiary/aromatic N) is 3. The fourth-order valence-electron chi connectivity index (χ4n) is 6.99. The van der Waals surface area contributed by atoms with Crippen LogP contribution < -0.4 is 0 Å². The topological polar surface area (TPSA) is 65.0 Å². The summed E-state index contributed by atoms with van der Waals surface area (Å²) in [6, 6.07) is 55.7. The van der Waals surface area contributed by atoms with Crippen LogP contribution >= 0.6 is 0 Å². The van der Waals surface area contributed by atoms with Crippen molar-refractivity contribution in [3.05, 3.63) is 164 Å². The van der Waals surface area contributed by atoms with E-state index in [9.17, 15) is 0 Å². The molecule has 0 bridgehead atoms. The average Bonchev–Trinajstić information content (AvgIpc) is 3.76. The van der Waals surface area contributed by atoms with Gasteiger partial charge in [-0.25, -0.2) is 15.0 Å². The number of furan rings is 2. The summed E-state index contributed by atoms with van der Waals surface area (Å²) in [5.74, 6) is 1.85. The van der Waals surface area contributed by atoms with Crippen molar-refractivity contribution in [2.75, 3.05) is 0 Å². The summed E-state index contributed by atoms with van der Waals surface area (Å²) in [4.78, 5) is 15.0. The normalized spacial score (nSPS) is 11.6. The zero-order valence-corrected chi connectivity index (χ0v) is 26.7. The van der Waals surface area contributed by atoms with Crippen molar-refractivity contribution in [1.82, 2.24) is 15.0 Å². The summed E-state index contributed by atoms with van der Waals surface area (Å²) >= 11 is 0. The third kappa shape index (κ3) is 4.67. The van der Waals surface area contributed by atoms with Crippen LogP contribution in [0.5, 0.6) is 0 Å². The van der Waals surface area contributed by atoms with E-state index >= 15 is 0 Å². The maximum atomic E-state index is 6.35. The first-order valence-corrected chi connectivity index (χ1v) is 16.6. The molecule has 10 aromatic rings. The van der Waals surface area contributed by atoms with Crippen LogP contribution in [0, 0.1) is 0 Å². The highest BCUT2D eigenvalue weighted by atomic mass is 16.3. The van der Waals surface area contributed by atoms with Crippen LogP contribution in [-0.4, -0.2) is 15.0 Å². The van der Waals surface area contributed by atoms with Crippen LogP contribution in [0.25, 0.3) is 100 Å². The number of hydrogen-bond donors (Lipinski definition) is 0. The van der Waals surface area contributed by atoms with E-state index in [2.05, 4.69) is 66.7 Å². The summed E-state index contributed by atoms with van der Waals surface area (Å²) in [5, 5.41) is 4.34. The molecule has 5 nitrogen and oxygen atoms in total. The third-order valence-electron chi connectivity index (χ3n) is 9.36. The molecule has 7 aromatic carbocycles. The second-order valence-corrected chi connectivity index (χ2v) is 12.4. The first kappa shape index (κ1) is 28.2. The lowest BCUT2D eigenvalue weighted by Gasteiger charge is -2.15. The summed E-state index contributed by atoms with van der Waals surface area (Å²) in [6.07, 6.45) is 0. The predicted molar refractivity (Wildman–Crippen MR) is 202 cm³/mol. The number of para-hydroxylation sites is 2. The lowest BCUT2D eigenvalue weighted by Crippen LogP contribution is -2.00. The minimum absolute atomic E-state index is 0.600. The molecule has 0 atom stereocenters. The molecule has 3 heterocycles. The Hall–Kier alpha value is -6.85. The van der Waals surface area contributed by atoms with Crippen LogP contribution in [0.4, 0.5) is 0 Å². The molecule has 234 valence electrons. The predicted octanol–water partition coefficient (Wildman–Crippen LogP) is 12.0. The molecular formula is C45H27N3O2. The number of aromatic nitrogens is 3. The van der Waals surface area contributed by atoms with Crippen molar-refractivity contribution in [2.24, 2.45) is 0 Å². The largest absolute Gasteiger partial charge is 0.456 e. The van der Waals surface area contributed by atoms with Crippen LogP contribution in [0.15, 0.2) is 173 Å². The van der Waals surface area contributed by atoms with Gasteiger partial charge in [-0.2, -0.15) is 0 Å². The summed E-state index contributed by atoms with van der Waals surface area (Å²) in [5.41, 5.74) is 10.4.